The van der Waals surface area contributed by atoms with Crippen LogP contribution in [0, 0.1) is 5.82 Å². The van der Waals surface area contributed by atoms with E-state index in [-0.39, 0.29) is 5.82 Å². The normalized spacial score (nSPS) is 20.9. The molecule has 4 aromatic rings. The maximum absolute atomic E-state index is 15.4. The predicted molar refractivity (Wildman–Crippen MR) is 164 cm³/mol. The number of piperazine rings is 1. The second kappa shape index (κ2) is 13.1. The van der Waals surface area contributed by atoms with Gasteiger partial charge in [0.2, 0.25) is 0 Å². The van der Waals surface area contributed by atoms with Crippen molar-refractivity contribution in [1.29, 1.82) is 0 Å². The summed E-state index contributed by atoms with van der Waals surface area (Å²) in [6.45, 7) is 4.62. The standard InChI is InChI=1S/C29H32BrFN6.H3NO2S/c1-35-12-14-36(15-13-35)20-7-9-21(10-8-20)37-17-24(27-28(32)33-18-34-29(27)37)19-6-11-23(26(31)16-19)22-4-2-3-5-25(22)30;1-4(2)3/h2-6,11,16-18,20-21H,7-10,12-15H2,1H3,(H2,32,33,34);1H2,(H,2,3)/p-1. The van der Waals surface area contributed by atoms with Crippen LogP contribution in [-0.4, -0.2) is 72.4 Å². The van der Waals surface area contributed by atoms with Crippen LogP contribution in [0.2, 0.25) is 0 Å². The number of nitrogens with two attached hydrogens (primary N) is 2. The molecule has 4 N–H and O–H groups in total. The highest BCUT2D eigenvalue weighted by Gasteiger charge is 2.30. The van der Waals surface area contributed by atoms with E-state index in [0.29, 0.717) is 23.5 Å². The maximum atomic E-state index is 15.4. The van der Waals surface area contributed by atoms with E-state index in [1.54, 1.807) is 6.07 Å². The minimum absolute atomic E-state index is 0.270. The first-order valence-corrected chi connectivity index (χ1v) is 15.6. The molecule has 0 bridgehead atoms. The fourth-order valence-electron chi connectivity index (χ4n) is 6.07. The number of nitrogen functional groups attached to an aromatic ring is 1. The number of hydrogen-bond donors (Lipinski definition) is 2. The Morgan fingerprint density at radius 3 is 2.29 bits per heavy atom. The number of hydrogen-bond acceptors (Lipinski definition) is 7. The number of benzene rings is 2. The Balaban J connectivity index is 0.000000794. The van der Waals surface area contributed by atoms with Crippen LogP contribution in [0.3, 0.4) is 0 Å². The monoisotopic (exact) mass is 642 g/mol. The summed E-state index contributed by atoms with van der Waals surface area (Å²) in [4.78, 5) is 14.0. The van der Waals surface area contributed by atoms with Gasteiger partial charge in [0.25, 0.3) is 0 Å². The van der Waals surface area contributed by atoms with Gasteiger partial charge < -0.3 is 19.8 Å². The highest BCUT2D eigenvalue weighted by molar-refractivity contribution is 9.10. The number of aromatic nitrogens is 3. The van der Waals surface area contributed by atoms with Crippen LogP contribution < -0.4 is 10.9 Å². The lowest BCUT2D eigenvalue weighted by Gasteiger charge is -2.41. The Kier molecular flexibility index (Phi) is 9.47. The second-order valence-corrected chi connectivity index (χ2v) is 12.0. The number of halogens is 2. The van der Waals surface area contributed by atoms with Gasteiger partial charge in [-0.15, -0.1) is 0 Å². The van der Waals surface area contributed by atoms with Gasteiger partial charge in [0.1, 0.15) is 23.6 Å². The van der Waals surface area contributed by atoms with E-state index >= 15 is 4.39 Å². The lowest BCUT2D eigenvalue weighted by atomic mass is 9.89. The largest absolute Gasteiger partial charge is 0.760 e. The SMILES string of the molecule is CN1CCN(C2CCC(n3cc(-c4ccc(-c5ccccc5Br)c(F)c4)c4c(N)ncnc43)CC2)CC1.NS(=O)[O-]. The van der Waals surface area contributed by atoms with Crippen molar-refractivity contribution in [3.63, 3.8) is 0 Å². The number of anilines is 1. The molecule has 41 heavy (non-hydrogen) atoms. The summed E-state index contributed by atoms with van der Waals surface area (Å²) in [6, 6.07) is 14.1. The fraction of sp³-hybridized carbons (Fsp3) is 0.379. The van der Waals surface area contributed by atoms with Crippen molar-refractivity contribution in [3.05, 3.63) is 65.3 Å². The molecule has 9 nitrogen and oxygen atoms in total. The van der Waals surface area contributed by atoms with Crippen LogP contribution in [0.4, 0.5) is 10.2 Å². The minimum Gasteiger partial charge on any atom is -0.760 e. The molecule has 1 unspecified atom stereocenters. The first-order valence-electron chi connectivity index (χ1n) is 13.6. The molecule has 12 heteroatoms. The number of rotatable bonds is 4. The van der Waals surface area contributed by atoms with Gasteiger partial charge in [-0.25, -0.2) is 14.4 Å². The molecule has 0 spiro atoms. The topological polar surface area (TPSA) is 129 Å². The van der Waals surface area contributed by atoms with E-state index in [0.717, 1.165) is 71.2 Å². The second-order valence-electron chi connectivity index (χ2n) is 10.6. The molecule has 1 atom stereocenters. The Bertz CT molecular complexity index is 1530. The molecule has 2 aromatic heterocycles. The van der Waals surface area contributed by atoms with Gasteiger partial charge in [0, 0.05) is 71.3 Å². The summed E-state index contributed by atoms with van der Waals surface area (Å²) in [6.07, 6.45) is 8.20. The van der Waals surface area contributed by atoms with E-state index in [4.69, 9.17) is 14.5 Å². The maximum Gasteiger partial charge on any atom is 0.146 e. The van der Waals surface area contributed by atoms with Crippen molar-refractivity contribution in [3.8, 4) is 22.3 Å². The van der Waals surface area contributed by atoms with Gasteiger partial charge in [-0.05, 0) is 56.0 Å². The van der Waals surface area contributed by atoms with E-state index in [9.17, 15) is 0 Å². The zero-order valence-corrected chi connectivity index (χ0v) is 25.3. The summed E-state index contributed by atoms with van der Waals surface area (Å²) >= 11 is 1.18. The van der Waals surface area contributed by atoms with Crippen LogP contribution in [-0.2, 0) is 11.3 Å². The van der Waals surface area contributed by atoms with Gasteiger partial charge in [0.15, 0.2) is 0 Å². The quantitative estimate of drug-likeness (QED) is 0.308. The average molecular weight is 644 g/mol. The average Bonchev–Trinajstić information content (AvgIpc) is 3.35. The highest BCUT2D eigenvalue weighted by atomic mass is 79.9. The van der Waals surface area contributed by atoms with Crippen LogP contribution in [0.1, 0.15) is 31.7 Å². The first-order chi connectivity index (χ1) is 19.7. The fourth-order valence-corrected chi connectivity index (χ4v) is 6.57. The van der Waals surface area contributed by atoms with E-state index in [1.165, 1.54) is 19.2 Å². The molecule has 3 heterocycles. The van der Waals surface area contributed by atoms with Gasteiger partial charge in [-0.3, -0.25) is 14.2 Å². The third-order valence-corrected chi connectivity index (χ3v) is 8.89. The van der Waals surface area contributed by atoms with Crippen molar-refractivity contribution >= 4 is 44.0 Å². The molecule has 218 valence electrons. The van der Waals surface area contributed by atoms with Crippen molar-refractivity contribution in [2.24, 2.45) is 5.14 Å². The summed E-state index contributed by atoms with van der Waals surface area (Å²) in [5, 5.41) is 4.83. The van der Waals surface area contributed by atoms with Crippen molar-refractivity contribution in [1.82, 2.24) is 24.3 Å². The van der Waals surface area contributed by atoms with Gasteiger partial charge in [-0.1, -0.05) is 46.3 Å². The molecule has 0 amide bonds. The molecule has 1 saturated carbocycles. The Morgan fingerprint density at radius 1 is 0.976 bits per heavy atom. The van der Waals surface area contributed by atoms with Crippen molar-refractivity contribution in [2.45, 2.75) is 37.8 Å². The number of nitrogens with zero attached hydrogens (tertiary/aromatic N) is 5. The lowest BCUT2D eigenvalue weighted by Crippen LogP contribution is -2.49. The van der Waals surface area contributed by atoms with Gasteiger partial charge in [-0.2, -0.15) is 0 Å². The third-order valence-electron chi connectivity index (χ3n) is 8.20. The Labute approximate surface area is 250 Å². The molecule has 1 aliphatic carbocycles. The molecular formula is C29H34BrFN7O2S-. The van der Waals surface area contributed by atoms with Crippen LogP contribution in [0.5, 0.6) is 0 Å². The van der Waals surface area contributed by atoms with E-state index in [2.05, 4.69) is 58.6 Å². The number of likely N-dealkylation sites (N-methyl/N-ethyl adjacent to an activating group) is 1. The van der Waals surface area contributed by atoms with Gasteiger partial charge >= 0.3 is 0 Å². The molecule has 2 aromatic carbocycles. The van der Waals surface area contributed by atoms with Gasteiger partial charge in [0.05, 0.1) is 5.39 Å². The van der Waals surface area contributed by atoms with Crippen LogP contribution in [0.25, 0.3) is 33.3 Å². The lowest BCUT2D eigenvalue weighted by molar-refractivity contribution is 0.0828. The van der Waals surface area contributed by atoms with Crippen LogP contribution in [0.15, 0.2) is 59.5 Å². The zero-order chi connectivity index (χ0) is 29.1. The molecule has 1 aliphatic heterocycles. The summed E-state index contributed by atoms with van der Waals surface area (Å²) < 4.78 is 36.1. The van der Waals surface area contributed by atoms with Crippen molar-refractivity contribution < 1.29 is 13.2 Å². The smallest absolute Gasteiger partial charge is 0.146 e. The predicted octanol–water partition coefficient (Wildman–Crippen LogP) is 4.72. The minimum atomic E-state index is -2.36. The van der Waals surface area contributed by atoms with Crippen LogP contribution >= 0.6 is 15.9 Å². The molecule has 2 fully saturated rings. The zero-order valence-electron chi connectivity index (χ0n) is 22.9. The highest BCUT2D eigenvalue weighted by Crippen LogP contribution is 2.40. The number of fused-ring (bicyclic) bond motifs is 1. The molecule has 0 radical (unpaired) electrons. The summed E-state index contributed by atoms with van der Waals surface area (Å²) in [5.41, 5.74) is 10.3. The Hall–Kier alpha value is -2.74. The van der Waals surface area contributed by atoms with E-state index < -0.39 is 11.3 Å². The van der Waals surface area contributed by atoms with E-state index in [1.807, 2.05) is 36.4 Å². The third kappa shape index (κ3) is 6.68. The summed E-state index contributed by atoms with van der Waals surface area (Å²) in [7, 11) is 2.20. The molecule has 1 saturated heterocycles. The first kappa shape index (κ1) is 29.7. The molecule has 2 aliphatic rings. The summed E-state index contributed by atoms with van der Waals surface area (Å²) in [5.74, 6) is 0.161. The Morgan fingerprint density at radius 2 is 1.63 bits per heavy atom. The molecular weight excluding hydrogens is 609 g/mol. The van der Waals surface area contributed by atoms with Crippen molar-refractivity contribution in [2.75, 3.05) is 39.0 Å². The molecule has 6 rings (SSSR count).